The van der Waals surface area contributed by atoms with Crippen molar-refractivity contribution in [2.24, 2.45) is 0 Å². The first-order valence-electron chi connectivity index (χ1n) is 7.59. The monoisotopic (exact) mass is 366 g/mol. The van der Waals surface area contributed by atoms with Crippen LogP contribution in [0, 0.1) is 20.8 Å². The van der Waals surface area contributed by atoms with E-state index in [9.17, 15) is 9.59 Å². The summed E-state index contributed by atoms with van der Waals surface area (Å²) < 4.78 is 15.4. The molecule has 2 aromatic rings. The molecule has 134 valence electrons. The van der Waals surface area contributed by atoms with Gasteiger partial charge in [0.25, 0.3) is 5.91 Å². The lowest BCUT2D eigenvalue weighted by Crippen LogP contribution is -2.31. The second kappa shape index (κ2) is 8.02. The summed E-state index contributed by atoms with van der Waals surface area (Å²) in [6.45, 7) is 6.50. The molecule has 8 heteroatoms. The molecule has 0 aliphatic carbocycles. The molecule has 1 amide bonds. The molecule has 0 radical (unpaired) electrons. The minimum atomic E-state index is -1.000. The maximum Gasteiger partial charge on any atom is 0.344 e. The van der Waals surface area contributed by atoms with E-state index in [4.69, 9.17) is 25.6 Å². The van der Waals surface area contributed by atoms with Gasteiger partial charge in [0.15, 0.2) is 18.5 Å². The van der Waals surface area contributed by atoms with Crippen LogP contribution in [0.5, 0.6) is 5.75 Å². The molecule has 0 fully saturated rings. The molecule has 1 atom stereocenters. The Kier molecular flexibility index (Phi) is 6.03. The molecule has 2 rings (SSSR count). The highest BCUT2D eigenvalue weighted by Crippen LogP contribution is 2.27. The van der Waals surface area contributed by atoms with Gasteiger partial charge in [-0.25, -0.2) is 4.79 Å². The lowest BCUT2D eigenvalue weighted by Gasteiger charge is -2.15. The number of benzene rings is 1. The van der Waals surface area contributed by atoms with Gasteiger partial charge in [0, 0.05) is 11.1 Å². The Morgan fingerprint density at radius 3 is 2.44 bits per heavy atom. The predicted molar refractivity (Wildman–Crippen MR) is 91.8 cm³/mol. The number of nitrogens with one attached hydrogen (secondary N) is 1. The zero-order valence-corrected chi connectivity index (χ0v) is 15.1. The third-order valence-corrected chi connectivity index (χ3v) is 3.53. The van der Waals surface area contributed by atoms with Crippen LogP contribution >= 0.6 is 11.6 Å². The third-order valence-electron chi connectivity index (χ3n) is 3.32. The Hall–Kier alpha value is -2.54. The molecule has 1 heterocycles. The summed E-state index contributed by atoms with van der Waals surface area (Å²) >= 11 is 5.95. The molecule has 25 heavy (non-hydrogen) atoms. The highest BCUT2D eigenvalue weighted by molar-refractivity contribution is 6.30. The van der Waals surface area contributed by atoms with Gasteiger partial charge < -0.3 is 19.3 Å². The zero-order chi connectivity index (χ0) is 18.6. The molecule has 0 aliphatic rings. The first-order valence-corrected chi connectivity index (χ1v) is 7.97. The zero-order valence-electron chi connectivity index (χ0n) is 14.4. The van der Waals surface area contributed by atoms with E-state index in [-0.39, 0.29) is 12.4 Å². The molecule has 7 nitrogen and oxygen atoms in total. The molecule has 1 aromatic heterocycles. The number of anilines is 1. The summed E-state index contributed by atoms with van der Waals surface area (Å²) in [5.74, 6) is 0.209. The van der Waals surface area contributed by atoms with Crippen LogP contribution in [0.3, 0.4) is 0 Å². The predicted octanol–water partition coefficient (Wildman–Crippen LogP) is 3.20. The highest BCUT2D eigenvalue weighted by Gasteiger charge is 2.20. The van der Waals surface area contributed by atoms with E-state index in [1.807, 2.05) is 13.8 Å². The van der Waals surface area contributed by atoms with Crippen LogP contribution in [0.2, 0.25) is 5.02 Å². The fraction of sp³-hybridized carbons (Fsp3) is 0.353. The summed E-state index contributed by atoms with van der Waals surface area (Å²) in [5.41, 5.74) is 1.62. The van der Waals surface area contributed by atoms with Crippen LogP contribution < -0.4 is 10.1 Å². The van der Waals surface area contributed by atoms with Crippen molar-refractivity contribution in [3.63, 3.8) is 0 Å². The highest BCUT2D eigenvalue weighted by atomic mass is 35.5. The molecule has 0 unspecified atom stereocenters. The van der Waals surface area contributed by atoms with E-state index in [0.717, 1.165) is 11.1 Å². The smallest absolute Gasteiger partial charge is 0.344 e. The number of carbonyl (C=O) groups excluding carboxylic acids is 2. The van der Waals surface area contributed by atoms with E-state index >= 15 is 0 Å². The van der Waals surface area contributed by atoms with Gasteiger partial charge in [-0.1, -0.05) is 16.8 Å². The normalized spacial score (nSPS) is 11.7. The Morgan fingerprint density at radius 2 is 1.88 bits per heavy atom. The third kappa shape index (κ3) is 5.22. The van der Waals surface area contributed by atoms with Crippen molar-refractivity contribution >= 4 is 29.3 Å². The van der Waals surface area contributed by atoms with Crippen LogP contribution in [0.25, 0.3) is 0 Å². The molecule has 0 spiro atoms. The number of nitrogens with zero attached hydrogens (tertiary/aromatic N) is 1. The summed E-state index contributed by atoms with van der Waals surface area (Å²) in [7, 11) is 0. The van der Waals surface area contributed by atoms with Crippen LogP contribution in [-0.2, 0) is 14.3 Å². The van der Waals surface area contributed by atoms with E-state index in [1.165, 1.54) is 6.92 Å². The molecular weight excluding hydrogens is 348 g/mol. The fourth-order valence-electron chi connectivity index (χ4n) is 2.19. The molecule has 0 saturated heterocycles. The second-order valence-corrected chi connectivity index (χ2v) is 6.04. The van der Waals surface area contributed by atoms with Gasteiger partial charge in [0.05, 0.1) is 0 Å². The summed E-state index contributed by atoms with van der Waals surface area (Å²) in [6.07, 6.45) is -1.000. The SMILES string of the molecule is Cc1cc(NC(=O)[C@@H](C)OC(=O)COc2c(C)cc(Cl)cc2C)no1. The van der Waals surface area contributed by atoms with Gasteiger partial charge in [0.1, 0.15) is 11.5 Å². The van der Waals surface area contributed by atoms with Gasteiger partial charge in [-0.05, 0) is 51.0 Å². The van der Waals surface area contributed by atoms with Gasteiger partial charge in [-0.15, -0.1) is 0 Å². The van der Waals surface area contributed by atoms with Crippen LogP contribution in [0.15, 0.2) is 22.7 Å². The van der Waals surface area contributed by atoms with E-state index in [0.29, 0.717) is 16.5 Å². The van der Waals surface area contributed by atoms with E-state index in [2.05, 4.69) is 10.5 Å². The molecule has 1 N–H and O–H groups in total. The number of rotatable bonds is 6. The van der Waals surface area contributed by atoms with Crippen molar-refractivity contribution in [3.8, 4) is 5.75 Å². The van der Waals surface area contributed by atoms with Crippen LogP contribution in [0.4, 0.5) is 5.82 Å². The number of ether oxygens (including phenoxy) is 2. The largest absolute Gasteiger partial charge is 0.481 e. The Labute approximate surface area is 150 Å². The minimum Gasteiger partial charge on any atom is -0.481 e. The molecule has 0 saturated carbocycles. The summed E-state index contributed by atoms with van der Waals surface area (Å²) in [6, 6.07) is 5.04. The number of hydrogen-bond acceptors (Lipinski definition) is 6. The van der Waals surface area contributed by atoms with Gasteiger partial charge in [-0.2, -0.15) is 0 Å². The van der Waals surface area contributed by atoms with Gasteiger partial charge in [-0.3, -0.25) is 4.79 Å². The second-order valence-electron chi connectivity index (χ2n) is 5.60. The number of halogens is 1. The average Bonchev–Trinajstić information content (AvgIpc) is 2.91. The Morgan fingerprint density at radius 1 is 1.24 bits per heavy atom. The van der Waals surface area contributed by atoms with Gasteiger partial charge >= 0.3 is 5.97 Å². The maximum atomic E-state index is 12.0. The number of amides is 1. The Balaban J connectivity index is 1.86. The van der Waals surface area contributed by atoms with Gasteiger partial charge in [0.2, 0.25) is 0 Å². The first-order chi connectivity index (χ1) is 11.8. The summed E-state index contributed by atoms with van der Waals surface area (Å²) in [4.78, 5) is 23.8. The number of esters is 1. The fourth-order valence-corrected chi connectivity index (χ4v) is 2.52. The van der Waals surface area contributed by atoms with Crippen molar-refractivity contribution < 1.29 is 23.6 Å². The lowest BCUT2D eigenvalue weighted by atomic mass is 10.1. The molecule has 1 aromatic carbocycles. The minimum absolute atomic E-state index is 0.258. The quantitative estimate of drug-likeness (QED) is 0.789. The topological polar surface area (TPSA) is 90.7 Å². The molecular formula is C17H19ClN2O5. The van der Waals surface area contributed by atoms with Crippen molar-refractivity contribution in [2.45, 2.75) is 33.8 Å². The molecule has 0 bridgehead atoms. The number of hydrogen-bond donors (Lipinski definition) is 1. The van der Waals surface area contributed by atoms with E-state index < -0.39 is 18.0 Å². The molecule has 0 aliphatic heterocycles. The Bertz CT molecular complexity index is 764. The van der Waals surface area contributed by atoms with Crippen molar-refractivity contribution in [1.29, 1.82) is 0 Å². The number of aromatic nitrogens is 1. The lowest BCUT2D eigenvalue weighted by molar-refractivity contribution is -0.155. The average molecular weight is 367 g/mol. The van der Waals surface area contributed by atoms with Crippen LogP contribution in [-0.4, -0.2) is 29.7 Å². The standard InChI is InChI=1S/C17H19ClN2O5/c1-9-5-13(18)6-10(2)16(9)23-8-15(21)24-12(4)17(22)19-14-7-11(3)25-20-14/h5-7,12H,8H2,1-4H3,(H,19,20,22)/t12-/m1/s1. The van der Waals surface area contributed by atoms with Crippen LogP contribution in [0.1, 0.15) is 23.8 Å². The van der Waals surface area contributed by atoms with Crippen molar-refractivity contribution in [2.75, 3.05) is 11.9 Å². The summed E-state index contributed by atoms with van der Waals surface area (Å²) in [5, 5.41) is 6.72. The number of carbonyl (C=O) groups is 2. The van der Waals surface area contributed by atoms with Crippen molar-refractivity contribution in [3.05, 3.63) is 40.1 Å². The number of aryl methyl sites for hydroxylation is 3. The van der Waals surface area contributed by atoms with Crippen molar-refractivity contribution in [1.82, 2.24) is 5.16 Å². The van der Waals surface area contributed by atoms with E-state index in [1.54, 1.807) is 25.1 Å². The maximum absolute atomic E-state index is 12.0. The first kappa shape index (κ1) is 18.8.